The van der Waals surface area contributed by atoms with Gasteiger partial charge in [-0.1, -0.05) is 6.07 Å². The molecule has 2 amide bonds. The van der Waals surface area contributed by atoms with Gasteiger partial charge in [-0.2, -0.15) is 0 Å². The maximum atomic E-state index is 12.1. The number of nitro groups is 1. The zero-order valence-corrected chi connectivity index (χ0v) is 13.3. The molecule has 124 valence electrons. The van der Waals surface area contributed by atoms with Crippen molar-refractivity contribution < 1.29 is 18.7 Å². The number of hydrogen-bond acceptors (Lipinski definition) is 5. The second-order valence-electron chi connectivity index (χ2n) is 4.71. The zero-order valence-electron chi connectivity index (χ0n) is 12.5. The van der Waals surface area contributed by atoms with Gasteiger partial charge in [-0.25, -0.2) is 4.21 Å². The first-order valence-corrected chi connectivity index (χ1v) is 7.86. The van der Waals surface area contributed by atoms with Crippen LogP contribution in [0.15, 0.2) is 53.4 Å². The molecule has 1 unspecified atom stereocenters. The van der Waals surface area contributed by atoms with E-state index in [1.807, 2.05) is 0 Å². The minimum Gasteiger partial charge on any atom is -0.326 e. The van der Waals surface area contributed by atoms with Gasteiger partial charge in [-0.05, 0) is 30.3 Å². The summed E-state index contributed by atoms with van der Waals surface area (Å²) in [4.78, 5) is 33.4. The van der Waals surface area contributed by atoms with E-state index in [1.54, 1.807) is 12.1 Å². The molecule has 2 rings (SSSR count). The van der Waals surface area contributed by atoms with Gasteiger partial charge < -0.3 is 5.32 Å². The monoisotopic (exact) mass is 347 g/mol. The van der Waals surface area contributed by atoms with Crippen LogP contribution in [-0.2, 0) is 15.8 Å². The Bertz CT molecular complexity index is 820. The van der Waals surface area contributed by atoms with Crippen LogP contribution in [0, 0.1) is 10.1 Å². The van der Waals surface area contributed by atoms with E-state index in [0.717, 1.165) is 6.07 Å². The SMILES string of the molecule is CC(=O)Nc1ccc(S(=O)NC(=O)c2cccc([N+](=O)[O-])c2)cc1. The molecular formula is C15H13N3O5S. The van der Waals surface area contributed by atoms with Crippen LogP contribution >= 0.6 is 0 Å². The quantitative estimate of drug-likeness (QED) is 0.633. The van der Waals surface area contributed by atoms with Crippen molar-refractivity contribution in [1.82, 2.24) is 4.72 Å². The molecule has 24 heavy (non-hydrogen) atoms. The molecule has 0 saturated carbocycles. The molecule has 0 bridgehead atoms. The number of non-ortho nitro benzene ring substituents is 1. The molecule has 2 aromatic carbocycles. The van der Waals surface area contributed by atoms with Crippen LogP contribution in [0.1, 0.15) is 17.3 Å². The highest BCUT2D eigenvalue weighted by Crippen LogP contribution is 2.15. The predicted octanol–water partition coefficient (Wildman–Crippen LogP) is 2.01. The lowest BCUT2D eigenvalue weighted by Crippen LogP contribution is -2.25. The number of hydrogen-bond donors (Lipinski definition) is 2. The number of nitro benzene ring substituents is 1. The van der Waals surface area contributed by atoms with Gasteiger partial charge in [0.1, 0.15) is 0 Å². The smallest absolute Gasteiger partial charge is 0.270 e. The Morgan fingerprint density at radius 3 is 2.38 bits per heavy atom. The summed E-state index contributed by atoms with van der Waals surface area (Å²) in [5.74, 6) is -0.925. The van der Waals surface area contributed by atoms with E-state index in [2.05, 4.69) is 10.0 Å². The summed E-state index contributed by atoms with van der Waals surface area (Å²) in [5, 5.41) is 13.3. The first-order valence-electron chi connectivity index (χ1n) is 6.71. The van der Waals surface area contributed by atoms with E-state index in [0.29, 0.717) is 10.6 Å². The first-order chi connectivity index (χ1) is 11.4. The van der Waals surface area contributed by atoms with Crippen molar-refractivity contribution in [2.75, 3.05) is 5.32 Å². The average molecular weight is 347 g/mol. The molecule has 0 aromatic heterocycles. The van der Waals surface area contributed by atoms with Gasteiger partial charge in [-0.3, -0.25) is 24.4 Å². The summed E-state index contributed by atoms with van der Waals surface area (Å²) in [6.07, 6.45) is 0. The van der Waals surface area contributed by atoms with Crippen LogP contribution in [0.25, 0.3) is 0 Å². The molecule has 0 aliphatic heterocycles. The highest BCUT2D eigenvalue weighted by molar-refractivity contribution is 7.83. The van der Waals surface area contributed by atoms with E-state index < -0.39 is 21.8 Å². The largest absolute Gasteiger partial charge is 0.326 e. The van der Waals surface area contributed by atoms with Gasteiger partial charge >= 0.3 is 0 Å². The number of nitrogens with one attached hydrogen (secondary N) is 2. The maximum Gasteiger partial charge on any atom is 0.270 e. The molecule has 8 nitrogen and oxygen atoms in total. The fraction of sp³-hybridized carbons (Fsp3) is 0.0667. The highest BCUT2D eigenvalue weighted by Gasteiger charge is 2.14. The summed E-state index contributed by atoms with van der Waals surface area (Å²) in [6.45, 7) is 1.37. The Balaban J connectivity index is 2.08. The Morgan fingerprint density at radius 1 is 1.12 bits per heavy atom. The standard InChI is InChI=1S/C15H13N3O5S/c1-10(19)16-12-5-7-14(8-6-12)24(23)17-15(20)11-3-2-4-13(9-11)18(21)22/h2-9H,1H3,(H,16,19)(H,17,20). The van der Waals surface area contributed by atoms with E-state index in [-0.39, 0.29) is 17.2 Å². The van der Waals surface area contributed by atoms with E-state index in [1.165, 1.54) is 37.3 Å². The van der Waals surface area contributed by atoms with Crippen LogP contribution in [-0.4, -0.2) is 20.9 Å². The number of nitrogens with zero attached hydrogens (tertiary/aromatic N) is 1. The second-order valence-corrected chi connectivity index (χ2v) is 5.93. The Kier molecular flexibility index (Phi) is 5.38. The molecular weight excluding hydrogens is 334 g/mol. The van der Waals surface area contributed by atoms with Crippen LogP contribution in [0.5, 0.6) is 0 Å². The maximum absolute atomic E-state index is 12.1. The van der Waals surface area contributed by atoms with Crippen molar-refractivity contribution in [2.45, 2.75) is 11.8 Å². The third-order valence-electron chi connectivity index (χ3n) is 2.89. The molecule has 0 radical (unpaired) electrons. The van der Waals surface area contributed by atoms with Gasteiger partial charge in [-0.15, -0.1) is 0 Å². The van der Waals surface area contributed by atoms with Gasteiger partial charge in [0.25, 0.3) is 11.6 Å². The Morgan fingerprint density at radius 2 is 1.79 bits per heavy atom. The average Bonchev–Trinajstić information content (AvgIpc) is 2.55. The van der Waals surface area contributed by atoms with Crippen LogP contribution in [0.3, 0.4) is 0 Å². The van der Waals surface area contributed by atoms with Crippen molar-refractivity contribution in [3.63, 3.8) is 0 Å². The summed E-state index contributed by atoms with van der Waals surface area (Å²) >= 11 is 0. The van der Waals surface area contributed by atoms with Gasteiger partial charge in [0.05, 0.1) is 9.82 Å². The van der Waals surface area contributed by atoms with Crippen molar-refractivity contribution in [2.24, 2.45) is 0 Å². The van der Waals surface area contributed by atoms with Crippen LogP contribution in [0.4, 0.5) is 11.4 Å². The van der Waals surface area contributed by atoms with Gasteiger partial charge in [0, 0.05) is 30.3 Å². The first kappa shape index (κ1) is 17.3. The van der Waals surface area contributed by atoms with Crippen molar-refractivity contribution in [1.29, 1.82) is 0 Å². The zero-order chi connectivity index (χ0) is 17.7. The number of benzene rings is 2. The molecule has 2 N–H and O–H groups in total. The van der Waals surface area contributed by atoms with Gasteiger partial charge in [0.15, 0.2) is 11.0 Å². The molecule has 2 aromatic rings. The van der Waals surface area contributed by atoms with E-state index in [4.69, 9.17) is 0 Å². The molecule has 0 aliphatic rings. The third kappa shape index (κ3) is 4.46. The highest BCUT2D eigenvalue weighted by atomic mass is 32.2. The Hall–Kier alpha value is -3.07. The minimum absolute atomic E-state index is 0.0346. The summed E-state index contributed by atoms with van der Waals surface area (Å²) in [5.41, 5.74) is 0.341. The molecule has 0 heterocycles. The van der Waals surface area contributed by atoms with Crippen LogP contribution < -0.4 is 10.0 Å². The second kappa shape index (κ2) is 7.47. The lowest BCUT2D eigenvalue weighted by Gasteiger charge is -2.06. The number of carbonyl (C=O) groups excluding carboxylic acids is 2. The Labute approximate surface area is 139 Å². The molecule has 0 fully saturated rings. The number of amides is 2. The number of anilines is 1. The number of rotatable bonds is 5. The lowest BCUT2D eigenvalue weighted by molar-refractivity contribution is -0.384. The van der Waals surface area contributed by atoms with Crippen molar-refractivity contribution >= 4 is 34.2 Å². The number of carbonyl (C=O) groups is 2. The topological polar surface area (TPSA) is 118 Å². The van der Waals surface area contributed by atoms with Gasteiger partial charge in [0.2, 0.25) is 5.91 Å². The lowest BCUT2D eigenvalue weighted by atomic mass is 10.2. The summed E-state index contributed by atoms with van der Waals surface area (Å²) in [7, 11) is -1.83. The van der Waals surface area contributed by atoms with Crippen molar-refractivity contribution in [3.8, 4) is 0 Å². The normalized spacial score (nSPS) is 11.4. The van der Waals surface area contributed by atoms with E-state index >= 15 is 0 Å². The molecule has 9 heteroatoms. The third-order valence-corrected chi connectivity index (χ3v) is 3.96. The molecule has 0 aliphatic carbocycles. The predicted molar refractivity (Wildman–Crippen MR) is 87.7 cm³/mol. The summed E-state index contributed by atoms with van der Waals surface area (Å²) in [6, 6.07) is 11.2. The minimum atomic E-state index is -1.83. The molecule has 1 atom stereocenters. The van der Waals surface area contributed by atoms with Crippen molar-refractivity contribution in [3.05, 3.63) is 64.2 Å². The van der Waals surface area contributed by atoms with E-state index in [9.17, 15) is 23.9 Å². The molecule has 0 spiro atoms. The van der Waals surface area contributed by atoms with Crippen LogP contribution in [0.2, 0.25) is 0 Å². The fourth-order valence-corrected chi connectivity index (χ4v) is 2.62. The summed E-state index contributed by atoms with van der Waals surface area (Å²) < 4.78 is 14.4. The molecule has 0 saturated heterocycles. The fourth-order valence-electron chi connectivity index (χ4n) is 1.83.